The predicted molar refractivity (Wildman–Crippen MR) is 47.7 cm³/mol. The molecule has 4 N–H and O–H groups in total. The van der Waals surface area contributed by atoms with E-state index in [9.17, 15) is 0 Å². The fourth-order valence-corrected chi connectivity index (χ4v) is 0.834. The molecule has 4 heteroatoms. The van der Waals surface area contributed by atoms with Gasteiger partial charge in [-0.3, -0.25) is 0 Å². The van der Waals surface area contributed by atoms with Crippen LogP contribution in [0.25, 0.3) is 0 Å². The average Bonchev–Trinajstić information content (AvgIpc) is 2.15. The molecule has 4 nitrogen and oxygen atoms in total. The number of aliphatic hydroxyl groups excluding tert-OH is 1. The van der Waals surface area contributed by atoms with E-state index < -0.39 is 0 Å². The molecule has 0 atom stereocenters. The number of hydrogen-bond donors (Lipinski definition) is 3. The van der Waals surface area contributed by atoms with Crippen molar-refractivity contribution in [3.8, 4) is 0 Å². The van der Waals surface area contributed by atoms with Crippen LogP contribution in [0, 0.1) is 0 Å². The summed E-state index contributed by atoms with van der Waals surface area (Å²) in [5.41, 5.74) is 6.40. The molecule has 1 heterocycles. The number of pyridine rings is 1. The predicted octanol–water partition coefficient (Wildman–Crippen LogP) is -0.0555. The summed E-state index contributed by atoms with van der Waals surface area (Å²) in [6, 6.07) is 3.75. The largest absolute Gasteiger partial charge is 0.395 e. The van der Waals surface area contributed by atoms with Crippen LogP contribution in [-0.2, 0) is 6.54 Å². The van der Waals surface area contributed by atoms with Crippen LogP contribution in [-0.4, -0.2) is 23.2 Å². The van der Waals surface area contributed by atoms with Gasteiger partial charge in [0.25, 0.3) is 0 Å². The van der Waals surface area contributed by atoms with Crippen molar-refractivity contribution in [1.82, 2.24) is 4.98 Å². The third-order valence-electron chi connectivity index (χ3n) is 1.48. The topological polar surface area (TPSA) is 71.2 Å². The lowest BCUT2D eigenvalue weighted by atomic mass is 10.3. The first-order chi connectivity index (χ1) is 5.86. The van der Waals surface area contributed by atoms with E-state index in [2.05, 4.69) is 10.3 Å². The summed E-state index contributed by atoms with van der Waals surface area (Å²) >= 11 is 0. The van der Waals surface area contributed by atoms with Gasteiger partial charge in [-0.1, -0.05) is 6.07 Å². The van der Waals surface area contributed by atoms with Crippen LogP contribution in [0.2, 0.25) is 0 Å². The quantitative estimate of drug-likeness (QED) is 0.587. The second kappa shape index (κ2) is 4.69. The first-order valence-electron chi connectivity index (χ1n) is 3.86. The summed E-state index contributed by atoms with van der Waals surface area (Å²) in [4.78, 5) is 4.08. The number of nitrogens with two attached hydrogens (primary N) is 1. The standard InChI is InChI=1S/C8H13N3O/c9-5-7-1-2-8(11-6-7)10-3-4-12/h1-2,6,12H,3-5,9H2,(H,10,11). The molecule has 66 valence electrons. The number of rotatable bonds is 4. The summed E-state index contributed by atoms with van der Waals surface area (Å²) in [5, 5.41) is 11.5. The van der Waals surface area contributed by atoms with Crippen molar-refractivity contribution in [3.05, 3.63) is 23.9 Å². The summed E-state index contributed by atoms with van der Waals surface area (Å²) < 4.78 is 0. The highest BCUT2D eigenvalue weighted by molar-refractivity contribution is 5.35. The molecular formula is C8H13N3O. The highest BCUT2D eigenvalue weighted by Gasteiger charge is 1.92. The van der Waals surface area contributed by atoms with Crippen molar-refractivity contribution in [2.45, 2.75) is 6.54 Å². The van der Waals surface area contributed by atoms with E-state index in [4.69, 9.17) is 10.8 Å². The zero-order valence-corrected chi connectivity index (χ0v) is 6.83. The summed E-state index contributed by atoms with van der Waals surface area (Å²) in [5.74, 6) is 0.765. The molecule has 0 radical (unpaired) electrons. The third-order valence-corrected chi connectivity index (χ3v) is 1.48. The van der Waals surface area contributed by atoms with Gasteiger partial charge in [0.15, 0.2) is 0 Å². The van der Waals surface area contributed by atoms with Gasteiger partial charge >= 0.3 is 0 Å². The number of hydrogen-bond acceptors (Lipinski definition) is 4. The number of nitrogens with one attached hydrogen (secondary N) is 1. The molecule has 0 spiro atoms. The molecule has 0 aliphatic carbocycles. The van der Waals surface area contributed by atoms with Gasteiger partial charge in [0.1, 0.15) is 5.82 Å². The second-order valence-corrected chi connectivity index (χ2v) is 2.41. The van der Waals surface area contributed by atoms with Crippen LogP contribution in [0.1, 0.15) is 5.56 Å². The Balaban J connectivity index is 2.53. The van der Waals surface area contributed by atoms with Crippen molar-refractivity contribution in [2.75, 3.05) is 18.5 Å². The first kappa shape index (κ1) is 8.96. The van der Waals surface area contributed by atoms with Crippen molar-refractivity contribution >= 4 is 5.82 Å². The van der Waals surface area contributed by atoms with Crippen LogP contribution in [0.3, 0.4) is 0 Å². The summed E-state index contributed by atoms with van der Waals surface area (Å²) in [7, 11) is 0. The Hall–Kier alpha value is -1.13. The molecule has 0 bridgehead atoms. The molecule has 0 aromatic carbocycles. The molecule has 1 aromatic heterocycles. The highest BCUT2D eigenvalue weighted by Crippen LogP contribution is 2.03. The Morgan fingerprint density at radius 2 is 2.33 bits per heavy atom. The SMILES string of the molecule is NCc1ccc(NCCO)nc1. The Morgan fingerprint density at radius 1 is 1.50 bits per heavy atom. The van der Waals surface area contributed by atoms with E-state index in [1.807, 2.05) is 12.1 Å². The summed E-state index contributed by atoms with van der Waals surface area (Å²) in [6.45, 7) is 1.14. The van der Waals surface area contributed by atoms with Gasteiger partial charge in [0.2, 0.25) is 0 Å². The van der Waals surface area contributed by atoms with Gasteiger partial charge in [-0.2, -0.15) is 0 Å². The number of aromatic nitrogens is 1. The van der Waals surface area contributed by atoms with Gasteiger partial charge in [0, 0.05) is 19.3 Å². The maximum atomic E-state index is 8.52. The van der Waals surface area contributed by atoms with Crippen LogP contribution >= 0.6 is 0 Å². The molecule has 0 saturated heterocycles. The molecule has 0 aliphatic rings. The Bertz CT molecular complexity index is 222. The molecule has 1 rings (SSSR count). The van der Waals surface area contributed by atoms with Crippen LogP contribution < -0.4 is 11.1 Å². The molecule has 12 heavy (non-hydrogen) atoms. The van der Waals surface area contributed by atoms with Crippen molar-refractivity contribution in [3.63, 3.8) is 0 Å². The van der Waals surface area contributed by atoms with Crippen LogP contribution in [0.15, 0.2) is 18.3 Å². The lowest BCUT2D eigenvalue weighted by molar-refractivity contribution is 0.311. The number of anilines is 1. The van der Waals surface area contributed by atoms with E-state index in [0.29, 0.717) is 13.1 Å². The number of nitrogens with zero attached hydrogens (tertiary/aromatic N) is 1. The third kappa shape index (κ3) is 2.48. The molecule has 0 aliphatic heterocycles. The fourth-order valence-electron chi connectivity index (χ4n) is 0.834. The second-order valence-electron chi connectivity index (χ2n) is 2.41. The monoisotopic (exact) mass is 167 g/mol. The van der Waals surface area contributed by atoms with E-state index in [0.717, 1.165) is 11.4 Å². The normalized spacial score (nSPS) is 9.83. The average molecular weight is 167 g/mol. The highest BCUT2D eigenvalue weighted by atomic mass is 16.3. The Labute approximate surface area is 71.4 Å². The Kier molecular flexibility index (Phi) is 3.50. The van der Waals surface area contributed by atoms with Gasteiger partial charge < -0.3 is 16.2 Å². The van der Waals surface area contributed by atoms with Crippen molar-refractivity contribution in [2.24, 2.45) is 5.73 Å². The minimum absolute atomic E-state index is 0.111. The zero-order chi connectivity index (χ0) is 8.81. The Morgan fingerprint density at radius 3 is 2.83 bits per heavy atom. The van der Waals surface area contributed by atoms with Crippen molar-refractivity contribution in [1.29, 1.82) is 0 Å². The van der Waals surface area contributed by atoms with Crippen LogP contribution in [0.5, 0.6) is 0 Å². The van der Waals surface area contributed by atoms with Gasteiger partial charge in [0.05, 0.1) is 6.61 Å². The molecule has 0 fully saturated rings. The maximum Gasteiger partial charge on any atom is 0.125 e. The zero-order valence-electron chi connectivity index (χ0n) is 6.83. The van der Waals surface area contributed by atoms with E-state index >= 15 is 0 Å². The van der Waals surface area contributed by atoms with Gasteiger partial charge in [-0.05, 0) is 11.6 Å². The molecular weight excluding hydrogens is 154 g/mol. The smallest absolute Gasteiger partial charge is 0.125 e. The molecule has 0 saturated carbocycles. The lowest BCUT2D eigenvalue weighted by Gasteiger charge is -2.02. The van der Waals surface area contributed by atoms with E-state index in [-0.39, 0.29) is 6.61 Å². The molecule has 0 amide bonds. The lowest BCUT2D eigenvalue weighted by Crippen LogP contribution is -2.07. The summed E-state index contributed by atoms with van der Waals surface area (Å²) in [6.07, 6.45) is 1.72. The first-order valence-corrected chi connectivity index (χ1v) is 3.86. The molecule has 1 aromatic rings. The fraction of sp³-hybridized carbons (Fsp3) is 0.375. The maximum absolute atomic E-state index is 8.52. The van der Waals surface area contributed by atoms with E-state index in [1.54, 1.807) is 6.20 Å². The van der Waals surface area contributed by atoms with E-state index in [1.165, 1.54) is 0 Å². The van der Waals surface area contributed by atoms with Gasteiger partial charge in [-0.25, -0.2) is 4.98 Å². The van der Waals surface area contributed by atoms with Crippen molar-refractivity contribution < 1.29 is 5.11 Å². The minimum Gasteiger partial charge on any atom is -0.395 e. The van der Waals surface area contributed by atoms with Crippen LogP contribution in [0.4, 0.5) is 5.82 Å². The number of aliphatic hydroxyl groups is 1. The minimum atomic E-state index is 0.111. The van der Waals surface area contributed by atoms with Gasteiger partial charge in [-0.15, -0.1) is 0 Å². The molecule has 0 unspecified atom stereocenters.